The van der Waals surface area contributed by atoms with Gasteiger partial charge in [0.1, 0.15) is 6.04 Å². The summed E-state index contributed by atoms with van der Waals surface area (Å²) in [7, 11) is 0. The average molecular weight is 276 g/mol. The van der Waals surface area contributed by atoms with Gasteiger partial charge in [0, 0.05) is 19.7 Å². The van der Waals surface area contributed by atoms with Crippen LogP contribution in [0, 0.1) is 5.92 Å². The van der Waals surface area contributed by atoms with E-state index in [0.717, 1.165) is 31.4 Å². The van der Waals surface area contributed by atoms with Crippen LogP contribution < -0.4 is 10.6 Å². The maximum atomic E-state index is 12.3. The second-order valence-corrected chi connectivity index (χ2v) is 5.37. The molecule has 0 spiro atoms. The Bertz CT molecular complexity index is 448. The lowest BCUT2D eigenvalue weighted by molar-refractivity contribution is -0.123. The molecule has 0 radical (unpaired) electrons. The molecule has 0 saturated heterocycles. The van der Waals surface area contributed by atoms with Crippen molar-refractivity contribution in [3.05, 3.63) is 35.4 Å². The van der Waals surface area contributed by atoms with E-state index in [1.165, 1.54) is 5.56 Å². The molecular formula is C16H24N2O2. The highest BCUT2D eigenvalue weighted by Gasteiger charge is 2.25. The molecule has 1 aliphatic heterocycles. The van der Waals surface area contributed by atoms with Gasteiger partial charge in [0.25, 0.3) is 0 Å². The Morgan fingerprint density at radius 1 is 1.50 bits per heavy atom. The summed E-state index contributed by atoms with van der Waals surface area (Å²) in [5.74, 6) is 0.385. The van der Waals surface area contributed by atoms with Crippen LogP contribution in [0.25, 0.3) is 0 Å². The van der Waals surface area contributed by atoms with E-state index in [2.05, 4.69) is 23.6 Å². The zero-order valence-corrected chi connectivity index (χ0v) is 12.1. The van der Waals surface area contributed by atoms with Crippen LogP contribution in [-0.4, -0.2) is 30.7 Å². The number of amides is 1. The minimum Gasteiger partial charge on any atom is -0.396 e. The van der Waals surface area contributed by atoms with Crippen molar-refractivity contribution in [2.75, 3.05) is 19.7 Å². The number of hydrogen-bond donors (Lipinski definition) is 3. The summed E-state index contributed by atoms with van der Waals surface area (Å²) in [6.45, 7) is 3.73. The molecule has 4 heteroatoms. The zero-order valence-electron chi connectivity index (χ0n) is 12.1. The molecule has 4 nitrogen and oxygen atoms in total. The molecule has 1 aromatic carbocycles. The third-order valence-electron chi connectivity index (χ3n) is 4.05. The van der Waals surface area contributed by atoms with Crippen LogP contribution >= 0.6 is 0 Å². The Morgan fingerprint density at radius 3 is 3.05 bits per heavy atom. The molecule has 2 atom stereocenters. The Kier molecular flexibility index (Phi) is 5.56. The molecule has 2 rings (SSSR count). The number of carbonyl (C=O) groups is 1. The van der Waals surface area contributed by atoms with Crippen molar-refractivity contribution in [2.45, 2.75) is 32.2 Å². The molecule has 110 valence electrons. The quantitative estimate of drug-likeness (QED) is 0.736. The van der Waals surface area contributed by atoms with Crippen molar-refractivity contribution >= 4 is 5.91 Å². The highest BCUT2D eigenvalue weighted by molar-refractivity contribution is 5.83. The summed E-state index contributed by atoms with van der Waals surface area (Å²) < 4.78 is 0. The summed E-state index contributed by atoms with van der Waals surface area (Å²) in [5.41, 5.74) is 2.35. The van der Waals surface area contributed by atoms with E-state index >= 15 is 0 Å². The van der Waals surface area contributed by atoms with Crippen LogP contribution in [0.4, 0.5) is 0 Å². The molecule has 0 bridgehead atoms. The highest BCUT2D eigenvalue weighted by atomic mass is 16.3. The maximum Gasteiger partial charge on any atom is 0.241 e. The lowest BCUT2D eigenvalue weighted by atomic mass is 9.93. The first-order valence-electron chi connectivity index (χ1n) is 7.46. The molecule has 0 aromatic heterocycles. The molecule has 1 aromatic rings. The zero-order chi connectivity index (χ0) is 14.4. The predicted molar refractivity (Wildman–Crippen MR) is 79.4 cm³/mol. The molecule has 0 saturated carbocycles. The normalized spacial score (nSPS) is 19.2. The fourth-order valence-electron chi connectivity index (χ4n) is 2.72. The van der Waals surface area contributed by atoms with Crippen LogP contribution in [-0.2, 0) is 11.2 Å². The molecule has 1 aliphatic rings. The molecule has 0 fully saturated rings. The molecule has 0 aliphatic carbocycles. The van der Waals surface area contributed by atoms with Crippen LogP contribution in [0.1, 0.15) is 36.9 Å². The fraction of sp³-hybridized carbons (Fsp3) is 0.562. The van der Waals surface area contributed by atoms with Gasteiger partial charge in [0.05, 0.1) is 0 Å². The minimum absolute atomic E-state index is 0.0357. The second-order valence-electron chi connectivity index (χ2n) is 5.37. The number of rotatable bonds is 6. The summed E-state index contributed by atoms with van der Waals surface area (Å²) >= 11 is 0. The number of nitrogens with one attached hydrogen (secondary N) is 2. The first-order valence-corrected chi connectivity index (χ1v) is 7.46. The number of aliphatic hydroxyl groups is 1. The fourth-order valence-corrected chi connectivity index (χ4v) is 2.72. The minimum atomic E-state index is -0.244. The van der Waals surface area contributed by atoms with Crippen molar-refractivity contribution in [1.29, 1.82) is 0 Å². The van der Waals surface area contributed by atoms with E-state index in [1.807, 2.05) is 18.2 Å². The van der Waals surface area contributed by atoms with Gasteiger partial charge < -0.3 is 15.7 Å². The third-order valence-corrected chi connectivity index (χ3v) is 4.05. The van der Waals surface area contributed by atoms with Gasteiger partial charge in [0.15, 0.2) is 0 Å². The van der Waals surface area contributed by atoms with Crippen LogP contribution in [0.3, 0.4) is 0 Å². The Morgan fingerprint density at radius 2 is 2.30 bits per heavy atom. The molecule has 20 heavy (non-hydrogen) atoms. The van der Waals surface area contributed by atoms with E-state index in [-0.39, 0.29) is 18.6 Å². The Labute approximate surface area is 120 Å². The summed E-state index contributed by atoms with van der Waals surface area (Å²) in [5, 5.41) is 15.3. The van der Waals surface area contributed by atoms with Crippen LogP contribution in [0.5, 0.6) is 0 Å². The largest absolute Gasteiger partial charge is 0.396 e. The lowest BCUT2D eigenvalue weighted by Gasteiger charge is -2.26. The van der Waals surface area contributed by atoms with Gasteiger partial charge >= 0.3 is 0 Å². The number of carbonyl (C=O) groups excluding carboxylic acids is 1. The number of hydrogen-bond acceptors (Lipinski definition) is 3. The van der Waals surface area contributed by atoms with Gasteiger partial charge in [-0.1, -0.05) is 37.6 Å². The summed E-state index contributed by atoms with van der Waals surface area (Å²) in [6, 6.07) is 7.88. The standard InChI is InChI=1S/C16H24N2O2/c1-2-12(8-10-19)11-18-16(20)15-14-6-4-3-5-13(14)7-9-17-15/h3-6,12,15,17,19H,2,7-11H2,1H3,(H,18,20). The van der Waals surface area contributed by atoms with Crippen molar-refractivity contribution in [3.8, 4) is 0 Å². The van der Waals surface area contributed by atoms with Gasteiger partial charge in [-0.05, 0) is 29.9 Å². The molecule has 3 N–H and O–H groups in total. The molecule has 1 heterocycles. The van der Waals surface area contributed by atoms with Gasteiger partial charge in [-0.2, -0.15) is 0 Å². The van der Waals surface area contributed by atoms with Crippen molar-refractivity contribution in [1.82, 2.24) is 10.6 Å². The SMILES string of the molecule is CCC(CCO)CNC(=O)C1NCCc2ccccc21. The third kappa shape index (κ3) is 3.58. The van der Waals surface area contributed by atoms with E-state index in [4.69, 9.17) is 5.11 Å². The second kappa shape index (κ2) is 7.41. The Balaban J connectivity index is 1.97. The average Bonchev–Trinajstić information content (AvgIpc) is 2.50. The number of benzene rings is 1. The Hall–Kier alpha value is -1.39. The maximum absolute atomic E-state index is 12.3. The van der Waals surface area contributed by atoms with Crippen LogP contribution in [0.15, 0.2) is 24.3 Å². The molecule has 1 amide bonds. The first kappa shape index (κ1) is 15.0. The van der Waals surface area contributed by atoms with Crippen LogP contribution in [0.2, 0.25) is 0 Å². The van der Waals surface area contributed by atoms with E-state index in [1.54, 1.807) is 0 Å². The molecular weight excluding hydrogens is 252 g/mol. The highest BCUT2D eigenvalue weighted by Crippen LogP contribution is 2.22. The van der Waals surface area contributed by atoms with Crippen molar-refractivity contribution in [3.63, 3.8) is 0 Å². The van der Waals surface area contributed by atoms with E-state index in [9.17, 15) is 4.79 Å². The lowest BCUT2D eigenvalue weighted by Crippen LogP contribution is -2.42. The van der Waals surface area contributed by atoms with Gasteiger partial charge in [-0.15, -0.1) is 0 Å². The topological polar surface area (TPSA) is 61.4 Å². The molecule has 2 unspecified atom stereocenters. The van der Waals surface area contributed by atoms with E-state index in [0.29, 0.717) is 12.5 Å². The van der Waals surface area contributed by atoms with Crippen molar-refractivity contribution < 1.29 is 9.90 Å². The summed E-state index contributed by atoms with van der Waals surface area (Å²) in [6.07, 6.45) is 2.68. The van der Waals surface area contributed by atoms with Gasteiger partial charge in [-0.3, -0.25) is 4.79 Å². The van der Waals surface area contributed by atoms with Crippen molar-refractivity contribution in [2.24, 2.45) is 5.92 Å². The number of fused-ring (bicyclic) bond motifs is 1. The van der Waals surface area contributed by atoms with Gasteiger partial charge in [-0.25, -0.2) is 0 Å². The smallest absolute Gasteiger partial charge is 0.241 e. The summed E-state index contributed by atoms with van der Waals surface area (Å²) in [4.78, 5) is 12.3. The monoisotopic (exact) mass is 276 g/mol. The predicted octanol–water partition coefficient (Wildman–Crippen LogP) is 1.40. The van der Waals surface area contributed by atoms with E-state index < -0.39 is 0 Å². The first-order chi connectivity index (χ1) is 9.76. The van der Waals surface area contributed by atoms with Gasteiger partial charge in [0.2, 0.25) is 5.91 Å². The number of aliphatic hydroxyl groups excluding tert-OH is 1.